The molecule has 0 aromatic carbocycles. The summed E-state index contributed by atoms with van der Waals surface area (Å²) in [4.78, 5) is 3.58. The number of hydrogen-bond donors (Lipinski definition) is 0. The van der Waals surface area contributed by atoms with Crippen LogP contribution in [0.25, 0.3) is 0 Å². The van der Waals surface area contributed by atoms with Gasteiger partial charge in [0.05, 0.1) is 10.7 Å². The lowest BCUT2D eigenvalue weighted by Gasteiger charge is -2.10. The van der Waals surface area contributed by atoms with Crippen LogP contribution in [0.15, 0.2) is 15.3 Å². The third kappa shape index (κ3) is 2.99. The highest BCUT2D eigenvalue weighted by Gasteiger charge is 2.32. The molecule has 1 rings (SSSR count). The monoisotopic (exact) mass is 353 g/mol. The maximum Gasteiger partial charge on any atom is 0.573 e. The fourth-order valence-corrected chi connectivity index (χ4v) is 1.51. The van der Waals surface area contributed by atoms with Gasteiger partial charge >= 0.3 is 6.36 Å². The van der Waals surface area contributed by atoms with Gasteiger partial charge in [0.1, 0.15) is 9.63 Å². The minimum atomic E-state index is -4.78. The molecule has 0 bridgehead atoms. The summed E-state index contributed by atoms with van der Waals surface area (Å²) in [6.07, 6.45) is -3.90. The number of hydrogen-bond acceptors (Lipinski definition) is 2. The van der Waals surface area contributed by atoms with Crippen molar-refractivity contribution in [3.63, 3.8) is 0 Å². The number of rotatable bonds is 1. The first kappa shape index (κ1) is 12.1. The number of nitrogens with zero attached hydrogens (tertiary/aromatic N) is 1. The summed E-state index contributed by atoms with van der Waals surface area (Å²) in [5.41, 5.74) is 0. The van der Waals surface area contributed by atoms with Gasteiger partial charge in [0.2, 0.25) is 0 Å². The van der Waals surface area contributed by atoms with Crippen LogP contribution in [-0.2, 0) is 0 Å². The molecule has 0 saturated carbocycles. The van der Waals surface area contributed by atoms with Crippen molar-refractivity contribution in [1.29, 1.82) is 0 Å². The van der Waals surface area contributed by atoms with Crippen molar-refractivity contribution < 1.29 is 17.9 Å². The first-order chi connectivity index (χ1) is 6.31. The van der Waals surface area contributed by atoms with Gasteiger partial charge in [-0.2, -0.15) is 0 Å². The maximum atomic E-state index is 11.8. The van der Waals surface area contributed by atoms with Crippen LogP contribution in [0, 0.1) is 0 Å². The summed E-state index contributed by atoms with van der Waals surface area (Å²) >= 11 is 11.5. The molecule has 0 N–H and O–H groups in total. The highest BCUT2D eigenvalue weighted by Crippen LogP contribution is 2.37. The lowest BCUT2D eigenvalue weighted by atomic mass is 10.4. The Morgan fingerprint density at radius 3 is 2.43 bits per heavy atom. The highest BCUT2D eigenvalue weighted by atomic mass is 79.9. The minimum absolute atomic E-state index is 0.191. The molecule has 0 fully saturated rings. The van der Waals surface area contributed by atoms with E-state index in [1.807, 2.05) is 0 Å². The zero-order valence-electron chi connectivity index (χ0n) is 6.20. The van der Waals surface area contributed by atoms with E-state index >= 15 is 0 Å². The molecule has 2 nitrogen and oxygen atoms in total. The predicted octanol–water partition coefficient (Wildman–Crippen LogP) is 4.16. The number of alkyl halides is 3. The molecular weight excluding hydrogens is 354 g/mol. The molecule has 0 unspecified atom stereocenters. The summed E-state index contributed by atoms with van der Waals surface area (Å²) in [5, 5.41) is -0.191. The fourth-order valence-electron chi connectivity index (χ4n) is 0.623. The second-order valence-electron chi connectivity index (χ2n) is 2.09. The van der Waals surface area contributed by atoms with Gasteiger partial charge in [-0.15, -0.1) is 13.2 Å². The Balaban J connectivity index is 3.06. The van der Waals surface area contributed by atoms with Crippen LogP contribution in [0.3, 0.4) is 0 Å². The maximum absolute atomic E-state index is 11.8. The molecule has 1 aromatic rings. The number of ether oxygens (including phenoxy) is 1. The van der Waals surface area contributed by atoms with Crippen molar-refractivity contribution in [2.45, 2.75) is 6.36 Å². The van der Waals surface area contributed by atoms with Crippen LogP contribution in [-0.4, -0.2) is 11.3 Å². The van der Waals surface area contributed by atoms with Crippen molar-refractivity contribution in [2.75, 3.05) is 0 Å². The van der Waals surface area contributed by atoms with Crippen molar-refractivity contribution in [2.24, 2.45) is 0 Å². The third-order valence-corrected chi connectivity index (χ3v) is 3.62. The van der Waals surface area contributed by atoms with E-state index in [2.05, 4.69) is 41.6 Å². The summed E-state index contributed by atoms with van der Waals surface area (Å²) in [6.45, 7) is 0. The Morgan fingerprint density at radius 1 is 1.36 bits per heavy atom. The highest BCUT2D eigenvalue weighted by molar-refractivity contribution is 9.13. The molecule has 78 valence electrons. The van der Waals surface area contributed by atoms with Gasteiger partial charge in [0, 0.05) is 0 Å². The van der Waals surface area contributed by atoms with Crippen molar-refractivity contribution in [1.82, 2.24) is 4.98 Å². The molecule has 0 saturated heterocycles. The van der Waals surface area contributed by atoms with Gasteiger partial charge < -0.3 is 4.74 Å². The van der Waals surface area contributed by atoms with E-state index in [0.29, 0.717) is 4.60 Å². The average molecular weight is 355 g/mol. The summed E-state index contributed by atoms with van der Waals surface area (Å²) in [6, 6.07) is 0. The van der Waals surface area contributed by atoms with Crippen LogP contribution in [0.4, 0.5) is 13.2 Å². The molecule has 0 atom stereocenters. The first-order valence-corrected chi connectivity index (χ1v) is 5.03. The molecule has 1 heterocycles. The van der Waals surface area contributed by atoms with Crippen LogP contribution < -0.4 is 4.74 Å². The number of pyridine rings is 1. The van der Waals surface area contributed by atoms with E-state index in [0.717, 1.165) is 6.20 Å². The smallest absolute Gasteiger partial charge is 0.402 e. The van der Waals surface area contributed by atoms with E-state index < -0.39 is 12.1 Å². The van der Waals surface area contributed by atoms with E-state index in [1.165, 1.54) is 0 Å². The number of halogens is 6. The van der Waals surface area contributed by atoms with Crippen LogP contribution >= 0.6 is 43.5 Å². The van der Waals surface area contributed by atoms with Crippen LogP contribution in [0.2, 0.25) is 5.02 Å². The van der Waals surface area contributed by atoms with E-state index in [-0.39, 0.29) is 9.50 Å². The largest absolute Gasteiger partial charge is 0.573 e. The first-order valence-electron chi connectivity index (χ1n) is 3.06. The number of aromatic nitrogens is 1. The van der Waals surface area contributed by atoms with Gasteiger partial charge in [-0.25, -0.2) is 4.98 Å². The Morgan fingerprint density at radius 2 is 1.93 bits per heavy atom. The Bertz CT molecular complexity index is 358. The lowest BCUT2D eigenvalue weighted by Crippen LogP contribution is -2.17. The minimum Gasteiger partial charge on any atom is -0.402 e. The second-order valence-corrected chi connectivity index (χ2v) is 4.01. The van der Waals surface area contributed by atoms with E-state index in [9.17, 15) is 13.2 Å². The second kappa shape index (κ2) is 4.24. The van der Waals surface area contributed by atoms with Crippen LogP contribution in [0.1, 0.15) is 0 Å². The van der Waals surface area contributed by atoms with E-state index in [1.54, 1.807) is 0 Å². The Kier molecular flexibility index (Phi) is 3.65. The summed E-state index contributed by atoms with van der Waals surface area (Å²) in [5.74, 6) is -0.547. The van der Waals surface area contributed by atoms with Gasteiger partial charge in [-0.05, 0) is 31.9 Å². The molecule has 0 amide bonds. The fraction of sp³-hybridized carbons (Fsp3) is 0.167. The van der Waals surface area contributed by atoms with Crippen molar-refractivity contribution in [3.05, 3.63) is 20.3 Å². The van der Waals surface area contributed by atoms with Gasteiger partial charge in [0.15, 0.2) is 5.75 Å². The molecule has 0 spiro atoms. The topological polar surface area (TPSA) is 22.1 Å². The molecule has 0 aliphatic rings. The van der Waals surface area contributed by atoms with Gasteiger partial charge in [0.25, 0.3) is 0 Å². The molecule has 14 heavy (non-hydrogen) atoms. The SMILES string of the molecule is FC(F)(F)Oc1cnc(Br)c(Br)c1Cl. The molecule has 0 radical (unpaired) electrons. The Hall–Kier alpha value is -0.0100. The molecule has 0 aliphatic carbocycles. The van der Waals surface area contributed by atoms with Gasteiger partial charge in [-0.3, -0.25) is 0 Å². The van der Waals surface area contributed by atoms with Crippen molar-refractivity contribution >= 4 is 43.5 Å². The van der Waals surface area contributed by atoms with E-state index in [4.69, 9.17) is 11.6 Å². The van der Waals surface area contributed by atoms with Gasteiger partial charge in [-0.1, -0.05) is 11.6 Å². The predicted molar refractivity (Wildman–Crippen MR) is 51.3 cm³/mol. The zero-order chi connectivity index (χ0) is 10.9. The molecular formula is C6HBr2ClF3NO. The Labute approximate surface area is 98.7 Å². The molecule has 8 heteroatoms. The third-order valence-electron chi connectivity index (χ3n) is 1.11. The molecule has 1 aromatic heterocycles. The van der Waals surface area contributed by atoms with Crippen LogP contribution in [0.5, 0.6) is 5.75 Å². The average Bonchev–Trinajstić information content (AvgIpc) is 2.04. The molecule has 0 aliphatic heterocycles. The quantitative estimate of drug-likeness (QED) is 0.706. The lowest BCUT2D eigenvalue weighted by molar-refractivity contribution is -0.274. The summed E-state index contributed by atoms with van der Waals surface area (Å²) in [7, 11) is 0. The zero-order valence-corrected chi connectivity index (χ0v) is 10.1. The van der Waals surface area contributed by atoms with Crippen molar-refractivity contribution in [3.8, 4) is 5.75 Å². The standard InChI is InChI=1S/C6HBr2ClF3NO/c7-3-4(9)2(1-13-5(3)8)14-6(10,11)12/h1H. The normalized spacial score (nSPS) is 11.6. The summed E-state index contributed by atoms with van der Waals surface area (Å²) < 4.78 is 39.6.